The maximum absolute atomic E-state index is 11.7. The van der Waals surface area contributed by atoms with Gasteiger partial charge in [-0.2, -0.15) is 0 Å². The van der Waals surface area contributed by atoms with Crippen LogP contribution < -0.4 is 5.32 Å². The van der Waals surface area contributed by atoms with Crippen LogP contribution in [0.15, 0.2) is 4.99 Å². The molecule has 0 bridgehead atoms. The van der Waals surface area contributed by atoms with Crippen LogP contribution in [0.3, 0.4) is 0 Å². The normalized spacial score (nSPS) is 28.6. The molecule has 0 aromatic rings. The van der Waals surface area contributed by atoms with Gasteiger partial charge in [-0.25, -0.2) is 4.99 Å². The quantitative estimate of drug-likeness (QED) is 0.837. The lowest BCUT2D eigenvalue weighted by molar-refractivity contribution is -0.129. The smallest absolute Gasteiger partial charge is 0.246 e. The van der Waals surface area contributed by atoms with Crippen LogP contribution in [-0.4, -0.2) is 47.4 Å². The minimum Gasteiger partial charge on any atom is -0.360 e. The molecule has 0 saturated carbocycles. The van der Waals surface area contributed by atoms with Crippen LogP contribution in [0.4, 0.5) is 0 Å². The van der Waals surface area contributed by atoms with Crippen molar-refractivity contribution in [3.8, 4) is 0 Å². The van der Waals surface area contributed by atoms with Crippen molar-refractivity contribution in [3.05, 3.63) is 0 Å². The topological polar surface area (TPSA) is 44.7 Å². The molecule has 98 valence electrons. The second-order valence-corrected chi connectivity index (χ2v) is 6.06. The second-order valence-electron chi connectivity index (χ2n) is 4.98. The van der Waals surface area contributed by atoms with Gasteiger partial charge in [-0.15, -0.1) is 0 Å². The Morgan fingerprint density at radius 2 is 2.29 bits per heavy atom. The van der Waals surface area contributed by atoms with Crippen molar-refractivity contribution in [1.82, 2.24) is 10.2 Å². The Bertz CT molecular complexity index is 317. The number of likely N-dealkylation sites (N-methyl/N-ethyl adjacent to an activating group) is 1. The van der Waals surface area contributed by atoms with Crippen molar-refractivity contribution in [3.63, 3.8) is 0 Å². The number of carbonyl (C=O) groups is 1. The fourth-order valence-corrected chi connectivity index (χ4v) is 2.97. The summed E-state index contributed by atoms with van der Waals surface area (Å²) in [6, 6.07) is -0.306. The van der Waals surface area contributed by atoms with Crippen molar-refractivity contribution < 1.29 is 4.79 Å². The molecule has 2 atom stereocenters. The second kappa shape index (κ2) is 5.76. The molecule has 0 radical (unpaired) electrons. The summed E-state index contributed by atoms with van der Waals surface area (Å²) in [5.74, 6) is 1.11. The monoisotopic (exact) mass is 257 g/mol. The van der Waals surface area contributed by atoms with Gasteiger partial charge in [0.25, 0.3) is 0 Å². The minimum absolute atomic E-state index is 0.0451. The first-order valence-electron chi connectivity index (χ1n) is 6.08. The van der Waals surface area contributed by atoms with Gasteiger partial charge in [0.15, 0.2) is 5.17 Å². The van der Waals surface area contributed by atoms with Gasteiger partial charge in [-0.1, -0.05) is 18.7 Å². The Labute approximate surface area is 108 Å². The number of nitrogens with one attached hydrogen (secondary N) is 1. The van der Waals surface area contributed by atoms with E-state index in [0.717, 1.165) is 23.8 Å². The van der Waals surface area contributed by atoms with E-state index in [-0.39, 0.29) is 17.5 Å². The number of hydrogen-bond acceptors (Lipinski definition) is 3. The first-order valence-corrected chi connectivity index (χ1v) is 7.06. The maximum Gasteiger partial charge on any atom is 0.246 e. The highest BCUT2D eigenvalue weighted by Gasteiger charge is 2.28. The van der Waals surface area contributed by atoms with E-state index in [0.29, 0.717) is 0 Å². The number of rotatable bonds is 3. The molecular weight excluding hydrogens is 234 g/mol. The van der Waals surface area contributed by atoms with Gasteiger partial charge in [0, 0.05) is 25.4 Å². The molecule has 1 rings (SSSR count). The lowest BCUT2D eigenvalue weighted by Crippen LogP contribution is -2.48. The zero-order valence-corrected chi connectivity index (χ0v) is 12.2. The van der Waals surface area contributed by atoms with E-state index in [1.54, 1.807) is 30.8 Å². The summed E-state index contributed by atoms with van der Waals surface area (Å²) in [5.41, 5.74) is 0.130. The molecule has 1 aliphatic heterocycles. The summed E-state index contributed by atoms with van der Waals surface area (Å²) in [5, 5.41) is 4.35. The molecule has 2 unspecified atom stereocenters. The van der Waals surface area contributed by atoms with Crippen LogP contribution in [0.5, 0.6) is 0 Å². The number of amidine groups is 1. The van der Waals surface area contributed by atoms with E-state index in [1.807, 2.05) is 6.92 Å². The average molecular weight is 257 g/mol. The number of amides is 1. The van der Waals surface area contributed by atoms with Crippen LogP contribution in [0, 0.1) is 0 Å². The van der Waals surface area contributed by atoms with Crippen LogP contribution in [0.25, 0.3) is 0 Å². The zero-order valence-electron chi connectivity index (χ0n) is 11.4. The van der Waals surface area contributed by atoms with Gasteiger partial charge in [-0.05, 0) is 26.7 Å². The number of carbonyl (C=O) groups excluding carboxylic acids is 1. The molecule has 17 heavy (non-hydrogen) atoms. The molecule has 0 aliphatic carbocycles. The van der Waals surface area contributed by atoms with E-state index < -0.39 is 0 Å². The molecule has 0 aromatic heterocycles. The fraction of sp³-hybridized carbons (Fsp3) is 0.833. The summed E-state index contributed by atoms with van der Waals surface area (Å²) in [4.78, 5) is 17.8. The standard InChI is InChI=1S/C12H23N3OS/c1-6-12(3)7-8-17-11(14-12)13-9(2)10(16)15(4)5/h9H,6-8H2,1-5H3,(H,13,14). The molecule has 0 spiro atoms. The zero-order chi connectivity index (χ0) is 13.1. The first-order chi connectivity index (χ1) is 7.88. The molecule has 1 heterocycles. The third-order valence-electron chi connectivity index (χ3n) is 3.19. The van der Waals surface area contributed by atoms with Crippen molar-refractivity contribution in [2.24, 2.45) is 4.99 Å². The average Bonchev–Trinajstić information content (AvgIpc) is 2.28. The molecule has 1 saturated heterocycles. The number of hydrogen-bond donors (Lipinski definition) is 1. The van der Waals surface area contributed by atoms with Gasteiger partial charge < -0.3 is 10.2 Å². The van der Waals surface area contributed by atoms with E-state index in [2.05, 4.69) is 24.2 Å². The summed E-state index contributed by atoms with van der Waals surface area (Å²) >= 11 is 1.71. The molecular formula is C12H23N3OS. The molecule has 1 fully saturated rings. The van der Waals surface area contributed by atoms with Gasteiger partial charge in [0.2, 0.25) is 5.91 Å². The van der Waals surface area contributed by atoms with Crippen molar-refractivity contribution >= 4 is 22.8 Å². The van der Waals surface area contributed by atoms with E-state index >= 15 is 0 Å². The minimum atomic E-state index is -0.306. The van der Waals surface area contributed by atoms with Crippen LogP contribution in [0.2, 0.25) is 0 Å². The highest BCUT2D eigenvalue weighted by Crippen LogP contribution is 2.25. The predicted molar refractivity (Wildman–Crippen MR) is 74.5 cm³/mol. The SMILES string of the molecule is CCC1(C)CCSC(=NC(C)C(=O)N(C)C)N1. The Morgan fingerprint density at radius 1 is 1.65 bits per heavy atom. The summed E-state index contributed by atoms with van der Waals surface area (Å²) in [6.07, 6.45) is 2.21. The van der Waals surface area contributed by atoms with Gasteiger partial charge in [0.05, 0.1) is 0 Å². The fourth-order valence-electron chi connectivity index (χ4n) is 1.67. The van der Waals surface area contributed by atoms with E-state index in [1.165, 1.54) is 0 Å². The highest BCUT2D eigenvalue weighted by atomic mass is 32.2. The van der Waals surface area contributed by atoms with Crippen LogP contribution in [0.1, 0.15) is 33.6 Å². The van der Waals surface area contributed by atoms with Crippen molar-refractivity contribution in [2.75, 3.05) is 19.8 Å². The molecule has 4 nitrogen and oxygen atoms in total. The summed E-state index contributed by atoms with van der Waals surface area (Å²) < 4.78 is 0. The predicted octanol–water partition coefficient (Wildman–Crippen LogP) is 1.71. The third-order valence-corrected chi connectivity index (χ3v) is 4.08. The Morgan fingerprint density at radius 3 is 2.82 bits per heavy atom. The molecule has 1 aliphatic rings. The van der Waals surface area contributed by atoms with E-state index in [4.69, 9.17) is 0 Å². The Balaban J connectivity index is 2.69. The van der Waals surface area contributed by atoms with Gasteiger partial charge >= 0.3 is 0 Å². The third kappa shape index (κ3) is 3.91. The van der Waals surface area contributed by atoms with Crippen molar-refractivity contribution in [2.45, 2.75) is 45.2 Å². The number of thioether (sulfide) groups is 1. The van der Waals surface area contributed by atoms with Crippen LogP contribution >= 0.6 is 11.8 Å². The Hall–Kier alpha value is -0.710. The lowest BCUT2D eigenvalue weighted by atomic mass is 9.96. The molecule has 5 heteroatoms. The summed E-state index contributed by atoms with van der Waals surface area (Å²) in [7, 11) is 3.52. The largest absolute Gasteiger partial charge is 0.360 e. The highest BCUT2D eigenvalue weighted by molar-refractivity contribution is 8.13. The molecule has 1 amide bonds. The maximum atomic E-state index is 11.7. The molecule has 1 N–H and O–H groups in total. The van der Waals surface area contributed by atoms with E-state index in [9.17, 15) is 4.79 Å². The lowest BCUT2D eigenvalue weighted by Gasteiger charge is -2.35. The van der Waals surface area contributed by atoms with Crippen LogP contribution in [-0.2, 0) is 4.79 Å². The summed E-state index contributed by atoms with van der Waals surface area (Å²) in [6.45, 7) is 6.23. The number of nitrogens with zero attached hydrogens (tertiary/aromatic N) is 2. The Kier molecular flexibility index (Phi) is 4.86. The van der Waals surface area contributed by atoms with Gasteiger partial charge in [0.1, 0.15) is 6.04 Å². The first kappa shape index (κ1) is 14.4. The number of aliphatic imine (C=N–C) groups is 1. The van der Waals surface area contributed by atoms with Gasteiger partial charge in [-0.3, -0.25) is 4.79 Å². The van der Waals surface area contributed by atoms with Crippen molar-refractivity contribution in [1.29, 1.82) is 0 Å². The molecule has 0 aromatic carbocycles.